The number of nitrogens with one attached hydrogen (secondary N) is 1. The van der Waals surface area contributed by atoms with Gasteiger partial charge in [0.15, 0.2) is 6.61 Å². The topological polar surface area (TPSA) is 81.7 Å². The zero-order valence-electron chi connectivity index (χ0n) is 13.2. The first kappa shape index (κ1) is 18.5. The number of carbonyl (C=O) groups excluding carboxylic acids is 3. The summed E-state index contributed by atoms with van der Waals surface area (Å²) in [4.78, 5) is 33.9. The van der Waals surface area contributed by atoms with Gasteiger partial charge in [-0.3, -0.25) is 9.59 Å². The van der Waals surface area contributed by atoms with Crippen molar-refractivity contribution >= 4 is 29.8 Å². The Labute approximate surface area is 149 Å². The van der Waals surface area contributed by atoms with E-state index in [4.69, 9.17) is 21.1 Å². The number of rotatable bonds is 8. The highest BCUT2D eigenvalue weighted by molar-refractivity contribution is 6.30. The van der Waals surface area contributed by atoms with Gasteiger partial charge in [0.25, 0.3) is 5.91 Å². The summed E-state index contributed by atoms with van der Waals surface area (Å²) in [5.41, 5.74) is 0.722. The summed E-state index contributed by atoms with van der Waals surface area (Å²) in [6, 6.07) is 12.8. The van der Waals surface area contributed by atoms with E-state index in [1.807, 2.05) is 0 Å². The molecule has 2 aromatic carbocycles. The average Bonchev–Trinajstić information content (AvgIpc) is 2.64. The molecule has 1 N–H and O–H groups in total. The fourth-order valence-electron chi connectivity index (χ4n) is 1.85. The molecule has 0 saturated heterocycles. The van der Waals surface area contributed by atoms with E-state index in [0.717, 1.165) is 0 Å². The molecule has 0 fully saturated rings. The molecule has 0 spiro atoms. The maximum absolute atomic E-state index is 11.8. The summed E-state index contributed by atoms with van der Waals surface area (Å²) in [5.74, 6) is -0.425. The van der Waals surface area contributed by atoms with Gasteiger partial charge in [0.05, 0.1) is 12.1 Å². The smallest absolute Gasteiger partial charge is 0.338 e. The molecule has 2 rings (SSSR count). The molecule has 7 heteroatoms. The summed E-state index contributed by atoms with van der Waals surface area (Å²) in [6.45, 7) is 0.150. The molecule has 0 radical (unpaired) electrons. The molecular weight excluding hydrogens is 346 g/mol. The van der Waals surface area contributed by atoms with E-state index < -0.39 is 18.5 Å². The molecule has 0 atom stereocenters. The number of amides is 1. The standard InChI is InChI=1S/C18H16ClNO5/c19-15-5-7-16(8-6-15)24-10-9-20-17(22)12-25-18(23)14-3-1-13(11-21)2-4-14/h1-8,11H,9-10,12H2,(H,20,22). The molecule has 0 aliphatic carbocycles. The van der Waals surface area contributed by atoms with Crippen LogP contribution in [0.2, 0.25) is 5.02 Å². The Balaban J connectivity index is 1.65. The van der Waals surface area contributed by atoms with Gasteiger partial charge in [0.1, 0.15) is 18.6 Å². The first-order valence-corrected chi connectivity index (χ1v) is 7.84. The Bertz CT molecular complexity index is 728. The van der Waals surface area contributed by atoms with Crippen molar-refractivity contribution in [1.29, 1.82) is 0 Å². The van der Waals surface area contributed by atoms with Gasteiger partial charge in [-0.25, -0.2) is 4.79 Å². The van der Waals surface area contributed by atoms with Crippen LogP contribution < -0.4 is 10.1 Å². The van der Waals surface area contributed by atoms with Crippen LogP contribution in [0, 0.1) is 0 Å². The van der Waals surface area contributed by atoms with Crippen LogP contribution >= 0.6 is 11.6 Å². The number of hydrogen-bond acceptors (Lipinski definition) is 5. The first-order valence-electron chi connectivity index (χ1n) is 7.46. The molecule has 0 aliphatic heterocycles. The van der Waals surface area contributed by atoms with Crippen molar-refractivity contribution in [3.05, 3.63) is 64.7 Å². The zero-order valence-corrected chi connectivity index (χ0v) is 14.0. The van der Waals surface area contributed by atoms with Crippen LogP contribution in [0.25, 0.3) is 0 Å². The summed E-state index contributed by atoms with van der Waals surface area (Å²) < 4.78 is 10.3. The van der Waals surface area contributed by atoms with Gasteiger partial charge < -0.3 is 14.8 Å². The summed E-state index contributed by atoms with van der Waals surface area (Å²) in [7, 11) is 0. The van der Waals surface area contributed by atoms with Crippen molar-refractivity contribution in [2.75, 3.05) is 19.8 Å². The molecule has 25 heavy (non-hydrogen) atoms. The van der Waals surface area contributed by atoms with Gasteiger partial charge in [0.2, 0.25) is 0 Å². The Morgan fingerprint density at radius 2 is 1.72 bits per heavy atom. The minimum atomic E-state index is -0.634. The monoisotopic (exact) mass is 361 g/mol. The summed E-state index contributed by atoms with van der Waals surface area (Å²) in [5, 5.41) is 3.19. The zero-order chi connectivity index (χ0) is 18.1. The van der Waals surface area contributed by atoms with Crippen molar-refractivity contribution in [2.24, 2.45) is 0 Å². The second-order valence-electron chi connectivity index (χ2n) is 4.97. The van der Waals surface area contributed by atoms with Crippen LogP contribution in [0.5, 0.6) is 5.75 Å². The Morgan fingerprint density at radius 1 is 1.04 bits per heavy atom. The van der Waals surface area contributed by atoms with E-state index in [2.05, 4.69) is 5.32 Å². The molecule has 0 bridgehead atoms. The van der Waals surface area contributed by atoms with Crippen molar-refractivity contribution in [3.63, 3.8) is 0 Å². The number of benzene rings is 2. The normalized spacial score (nSPS) is 9.96. The van der Waals surface area contributed by atoms with Gasteiger partial charge >= 0.3 is 5.97 Å². The van der Waals surface area contributed by atoms with E-state index in [9.17, 15) is 14.4 Å². The number of ether oxygens (including phenoxy) is 2. The van der Waals surface area contributed by atoms with Crippen molar-refractivity contribution in [1.82, 2.24) is 5.32 Å². The average molecular weight is 362 g/mol. The van der Waals surface area contributed by atoms with Crippen molar-refractivity contribution < 1.29 is 23.9 Å². The summed E-state index contributed by atoms with van der Waals surface area (Å²) in [6.07, 6.45) is 0.675. The predicted molar refractivity (Wildman–Crippen MR) is 92.1 cm³/mol. The minimum absolute atomic E-state index is 0.268. The molecule has 6 nitrogen and oxygen atoms in total. The van der Waals surface area contributed by atoms with Gasteiger partial charge in [-0.2, -0.15) is 0 Å². The van der Waals surface area contributed by atoms with E-state index in [1.54, 1.807) is 24.3 Å². The molecule has 0 heterocycles. The van der Waals surface area contributed by atoms with Crippen LogP contribution in [0.4, 0.5) is 0 Å². The van der Waals surface area contributed by atoms with Gasteiger partial charge in [0, 0.05) is 10.6 Å². The van der Waals surface area contributed by atoms with E-state index in [1.165, 1.54) is 24.3 Å². The maximum Gasteiger partial charge on any atom is 0.338 e. The van der Waals surface area contributed by atoms with Crippen LogP contribution in [0.15, 0.2) is 48.5 Å². The molecule has 2 aromatic rings. The van der Waals surface area contributed by atoms with Crippen LogP contribution in [0.1, 0.15) is 20.7 Å². The molecule has 1 amide bonds. The van der Waals surface area contributed by atoms with Crippen molar-refractivity contribution in [3.8, 4) is 5.75 Å². The van der Waals surface area contributed by atoms with Gasteiger partial charge in [-0.05, 0) is 36.4 Å². The number of halogens is 1. The quantitative estimate of drug-likeness (QED) is 0.444. The molecular formula is C18H16ClNO5. The molecule has 130 valence electrons. The van der Waals surface area contributed by atoms with Crippen LogP contribution in [-0.2, 0) is 9.53 Å². The molecule has 0 aliphatic rings. The lowest BCUT2D eigenvalue weighted by Gasteiger charge is -2.08. The molecule has 0 saturated carbocycles. The van der Waals surface area contributed by atoms with E-state index in [0.29, 0.717) is 22.6 Å². The fraction of sp³-hybridized carbons (Fsp3) is 0.167. The maximum atomic E-state index is 11.8. The molecule has 0 aromatic heterocycles. The lowest BCUT2D eigenvalue weighted by molar-refractivity contribution is -0.124. The second-order valence-corrected chi connectivity index (χ2v) is 5.40. The van der Waals surface area contributed by atoms with Crippen LogP contribution in [0.3, 0.4) is 0 Å². The number of hydrogen-bond donors (Lipinski definition) is 1. The SMILES string of the molecule is O=Cc1ccc(C(=O)OCC(=O)NCCOc2ccc(Cl)cc2)cc1. The first-order chi connectivity index (χ1) is 12.1. The predicted octanol–water partition coefficient (Wildman–Crippen LogP) is 2.50. The Morgan fingerprint density at radius 3 is 2.36 bits per heavy atom. The van der Waals surface area contributed by atoms with Crippen molar-refractivity contribution in [2.45, 2.75) is 0 Å². The third kappa shape index (κ3) is 6.27. The summed E-state index contributed by atoms with van der Waals surface area (Å²) >= 11 is 5.76. The fourth-order valence-corrected chi connectivity index (χ4v) is 1.98. The number of carbonyl (C=O) groups is 3. The Kier molecular flexibility index (Phi) is 6.98. The Hall–Kier alpha value is -2.86. The third-order valence-corrected chi connectivity index (χ3v) is 3.38. The van der Waals surface area contributed by atoms with Gasteiger partial charge in [-0.15, -0.1) is 0 Å². The largest absolute Gasteiger partial charge is 0.492 e. The highest BCUT2D eigenvalue weighted by Gasteiger charge is 2.09. The highest BCUT2D eigenvalue weighted by Crippen LogP contribution is 2.15. The number of esters is 1. The minimum Gasteiger partial charge on any atom is -0.492 e. The van der Waals surface area contributed by atoms with E-state index in [-0.39, 0.29) is 18.7 Å². The lowest BCUT2D eigenvalue weighted by Crippen LogP contribution is -2.32. The van der Waals surface area contributed by atoms with Gasteiger partial charge in [-0.1, -0.05) is 23.7 Å². The second kappa shape index (κ2) is 9.44. The lowest BCUT2D eigenvalue weighted by atomic mass is 10.1. The third-order valence-electron chi connectivity index (χ3n) is 3.12. The molecule has 0 unspecified atom stereocenters. The number of aldehydes is 1. The van der Waals surface area contributed by atoms with E-state index >= 15 is 0 Å². The van der Waals surface area contributed by atoms with Crippen LogP contribution in [-0.4, -0.2) is 37.9 Å². The highest BCUT2D eigenvalue weighted by atomic mass is 35.5.